The molecule has 0 unspecified atom stereocenters. The molecule has 1 aliphatic heterocycles. The molecule has 0 fully saturated rings. The number of nitro groups is 1. The molecule has 0 aliphatic carbocycles. The number of fused-ring (bicyclic) bond motifs is 1. The Bertz CT molecular complexity index is 916. The Morgan fingerprint density at radius 1 is 1.15 bits per heavy atom. The number of carbonyl (C=O) groups excluding carboxylic acids is 1. The molecule has 0 atom stereocenters. The van der Waals surface area contributed by atoms with Gasteiger partial charge in [-0.15, -0.1) is 0 Å². The first kappa shape index (κ1) is 17.2. The summed E-state index contributed by atoms with van der Waals surface area (Å²) < 4.78 is 15.4. The van der Waals surface area contributed by atoms with Gasteiger partial charge in [-0.25, -0.2) is 4.79 Å². The van der Waals surface area contributed by atoms with E-state index in [2.05, 4.69) is 0 Å². The Morgan fingerprint density at radius 2 is 1.96 bits per heavy atom. The Balaban J connectivity index is 1.90. The lowest BCUT2D eigenvalue weighted by atomic mass is 10.1. The van der Waals surface area contributed by atoms with Gasteiger partial charge in [-0.3, -0.25) is 10.1 Å². The topological polar surface area (TPSA) is 87.9 Å². The molecule has 1 heterocycles. The predicted molar refractivity (Wildman–Crippen MR) is 94.7 cm³/mol. The van der Waals surface area contributed by atoms with Crippen LogP contribution in [-0.2, 0) is 9.53 Å². The van der Waals surface area contributed by atoms with E-state index in [9.17, 15) is 14.9 Å². The fourth-order valence-corrected chi connectivity index (χ4v) is 2.40. The van der Waals surface area contributed by atoms with Crippen LogP contribution >= 0.6 is 0 Å². The number of nitro benzene ring substituents is 1. The molecule has 132 valence electrons. The van der Waals surface area contributed by atoms with Gasteiger partial charge in [-0.2, -0.15) is 0 Å². The molecule has 0 spiro atoms. The SMILES string of the molecule is COC(=O)C(/C=C/c1cccc([N+](=O)[O-])c1)=C/c1ccc2c(c1)OCO2. The number of esters is 1. The minimum absolute atomic E-state index is 0.0217. The first-order valence-corrected chi connectivity index (χ1v) is 7.69. The number of benzene rings is 2. The number of methoxy groups -OCH3 is 1. The fraction of sp³-hybridized carbons (Fsp3) is 0.105. The van der Waals surface area contributed by atoms with Crippen LogP contribution in [0.4, 0.5) is 5.69 Å². The fourth-order valence-electron chi connectivity index (χ4n) is 2.40. The molecule has 0 amide bonds. The summed E-state index contributed by atoms with van der Waals surface area (Å²) in [6.07, 6.45) is 4.81. The van der Waals surface area contributed by atoms with Gasteiger partial charge in [0, 0.05) is 12.1 Å². The molecule has 2 aromatic carbocycles. The van der Waals surface area contributed by atoms with Crippen molar-refractivity contribution in [3.8, 4) is 11.5 Å². The van der Waals surface area contributed by atoms with Crippen LogP contribution in [0.15, 0.2) is 54.1 Å². The van der Waals surface area contributed by atoms with Crippen molar-refractivity contribution in [2.75, 3.05) is 13.9 Å². The molecule has 0 aromatic heterocycles. The molecule has 0 saturated heterocycles. The number of carbonyl (C=O) groups is 1. The van der Waals surface area contributed by atoms with Gasteiger partial charge in [0.15, 0.2) is 11.5 Å². The zero-order valence-corrected chi connectivity index (χ0v) is 13.9. The van der Waals surface area contributed by atoms with Crippen LogP contribution in [0.1, 0.15) is 11.1 Å². The summed E-state index contributed by atoms with van der Waals surface area (Å²) >= 11 is 0. The molecule has 7 heteroatoms. The summed E-state index contributed by atoms with van der Waals surface area (Å²) in [7, 11) is 1.29. The molecular weight excluding hydrogens is 338 g/mol. The van der Waals surface area contributed by atoms with Crippen molar-refractivity contribution in [3.05, 3.63) is 75.4 Å². The molecule has 7 nitrogen and oxygen atoms in total. The van der Waals surface area contributed by atoms with Crippen LogP contribution in [0.3, 0.4) is 0 Å². The van der Waals surface area contributed by atoms with E-state index in [1.165, 1.54) is 19.2 Å². The molecule has 2 aromatic rings. The molecule has 0 N–H and O–H groups in total. The molecule has 26 heavy (non-hydrogen) atoms. The lowest BCUT2D eigenvalue weighted by molar-refractivity contribution is -0.384. The maximum Gasteiger partial charge on any atom is 0.337 e. The van der Waals surface area contributed by atoms with E-state index >= 15 is 0 Å². The zero-order valence-electron chi connectivity index (χ0n) is 13.9. The number of ether oxygens (including phenoxy) is 3. The van der Waals surface area contributed by atoms with Crippen LogP contribution in [0, 0.1) is 10.1 Å². The molecule has 0 radical (unpaired) electrons. The number of rotatable bonds is 5. The van der Waals surface area contributed by atoms with Crippen molar-refractivity contribution in [3.63, 3.8) is 0 Å². The summed E-state index contributed by atoms with van der Waals surface area (Å²) in [6, 6.07) is 11.4. The Hall–Kier alpha value is -3.61. The van der Waals surface area contributed by atoms with E-state index in [1.807, 2.05) is 0 Å². The van der Waals surface area contributed by atoms with E-state index in [0.717, 1.165) is 5.56 Å². The monoisotopic (exact) mass is 353 g/mol. The van der Waals surface area contributed by atoms with Crippen LogP contribution in [0.25, 0.3) is 12.2 Å². The van der Waals surface area contributed by atoms with E-state index in [-0.39, 0.29) is 18.1 Å². The largest absolute Gasteiger partial charge is 0.465 e. The second-order valence-electron chi connectivity index (χ2n) is 5.39. The summed E-state index contributed by atoms with van der Waals surface area (Å²) in [5.74, 6) is 0.726. The summed E-state index contributed by atoms with van der Waals surface area (Å²) in [5.41, 5.74) is 1.60. The molecule has 1 aliphatic rings. The van der Waals surface area contributed by atoms with Gasteiger partial charge in [0.2, 0.25) is 6.79 Å². The van der Waals surface area contributed by atoms with Gasteiger partial charge >= 0.3 is 5.97 Å². The highest BCUT2D eigenvalue weighted by Crippen LogP contribution is 2.33. The van der Waals surface area contributed by atoms with Gasteiger partial charge in [-0.05, 0) is 35.4 Å². The van der Waals surface area contributed by atoms with Crippen molar-refractivity contribution < 1.29 is 23.9 Å². The minimum Gasteiger partial charge on any atom is -0.465 e. The van der Waals surface area contributed by atoms with Crippen molar-refractivity contribution >= 4 is 23.8 Å². The first-order chi connectivity index (χ1) is 12.6. The van der Waals surface area contributed by atoms with Crippen molar-refractivity contribution in [2.24, 2.45) is 0 Å². The maximum absolute atomic E-state index is 12.0. The first-order valence-electron chi connectivity index (χ1n) is 7.69. The smallest absolute Gasteiger partial charge is 0.337 e. The highest BCUT2D eigenvalue weighted by atomic mass is 16.7. The standard InChI is InChI=1S/C19H15NO6/c1-24-19(21)15(7-5-13-3-2-4-16(10-13)20(22)23)9-14-6-8-17-18(11-14)26-12-25-17/h2-11H,12H2,1H3/b7-5+,15-9+. The third-order valence-corrected chi connectivity index (χ3v) is 3.68. The molecule has 0 bridgehead atoms. The lowest BCUT2D eigenvalue weighted by Gasteiger charge is -2.02. The second kappa shape index (κ2) is 7.52. The van der Waals surface area contributed by atoms with Gasteiger partial charge in [-0.1, -0.05) is 24.3 Å². The zero-order chi connectivity index (χ0) is 18.5. The number of nitrogens with zero attached hydrogens (tertiary/aromatic N) is 1. The summed E-state index contributed by atoms with van der Waals surface area (Å²) in [5, 5.41) is 10.9. The van der Waals surface area contributed by atoms with Crippen LogP contribution in [0.2, 0.25) is 0 Å². The van der Waals surface area contributed by atoms with Gasteiger partial charge in [0.05, 0.1) is 17.6 Å². The van der Waals surface area contributed by atoms with Gasteiger partial charge in [0.1, 0.15) is 0 Å². The number of non-ortho nitro benzene ring substituents is 1. The molecule has 3 rings (SSSR count). The second-order valence-corrected chi connectivity index (χ2v) is 5.39. The third kappa shape index (κ3) is 3.89. The number of hydrogen-bond donors (Lipinski definition) is 0. The van der Waals surface area contributed by atoms with E-state index < -0.39 is 10.9 Å². The minimum atomic E-state index is -0.524. The predicted octanol–water partition coefficient (Wildman–Crippen LogP) is 3.59. The Labute approximate surface area is 149 Å². The highest BCUT2D eigenvalue weighted by Gasteiger charge is 2.14. The van der Waals surface area contributed by atoms with Crippen LogP contribution in [-0.4, -0.2) is 24.8 Å². The highest BCUT2D eigenvalue weighted by molar-refractivity contribution is 5.97. The lowest BCUT2D eigenvalue weighted by Crippen LogP contribution is -2.02. The Kier molecular flexibility index (Phi) is 4.98. The summed E-state index contributed by atoms with van der Waals surface area (Å²) in [6.45, 7) is 0.166. The quantitative estimate of drug-likeness (QED) is 0.268. The van der Waals surface area contributed by atoms with E-state index in [0.29, 0.717) is 17.1 Å². The summed E-state index contributed by atoms with van der Waals surface area (Å²) in [4.78, 5) is 22.4. The van der Waals surface area contributed by atoms with Crippen molar-refractivity contribution in [1.82, 2.24) is 0 Å². The van der Waals surface area contributed by atoms with E-state index in [1.54, 1.807) is 48.6 Å². The molecular formula is C19H15NO6. The average Bonchev–Trinajstić information content (AvgIpc) is 3.12. The van der Waals surface area contributed by atoms with Crippen LogP contribution in [0.5, 0.6) is 11.5 Å². The Morgan fingerprint density at radius 3 is 2.73 bits per heavy atom. The van der Waals surface area contributed by atoms with Crippen LogP contribution < -0.4 is 9.47 Å². The maximum atomic E-state index is 12.0. The van der Waals surface area contributed by atoms with Gasteiger partial charge < -0.3 is 14.2 Å². The molecule has 0 saturated carbocycles. The van der Waals surface area contributed by atoms with E-state index in [4.69, 9.17) is 14.2 Å². The van der Waals surface area contributed by atoms with Crippen molar-refractivity contribution in [1.29, 1.82) is 0 Å². The van der Waals surface area contributed by atoms with Crippen molar-refractivity contribution in [2.45, 2.75) is 0 Å². The normalized spacial score (nSPS) is 13.0. The third-order valence-electron chi connectivity index (χ3n) is 3.68. The van der Waals surface area contributed by atoms with Gasteiger partial charge in [0.25, 0.3) is 5.69 Å². The number of hydrogen-bond acceptors (Lipinski definition) is 6. The average molecular weight is 353 g/mol.